The van der Waals surface area contributed by atoms with Gasteiger partial charge >= 0.3 is 6.03 Å². The lowest BCUT2D eigenvalue weighted by molar-refractivity contribution is 0.262. The van der Waals surface area contributed by atoms with Crippen molar-refractivity contribution < 1.29 is 13.2 Å². The molecule has 0 aliphatic carbocycles. The summed E-state index contributed by atoms with van der Waals surface area (Å²) in [6.07, 6.45) is 2.31. The second kappa shape index (κ2) is 10.2. The van der Waals surface area contributed by atoms with Crippen LogP contribution in [-0.2, 0) is 10.0 Å². The predicted molar refractivity (Wildman–Crippen MR) is 135 cm³/mol. The quantitative estimate of drug-likeness (QED) is 0.571. The lowest BCUT2D eigenvalue weighted by atomic mass is 10.1. The molecule has 4 rings (SSSR count). The topological polar surface area (TPSA) is 94.6 Å². The van der Waals surface area contributed by atoms with Gasteiger partial charge < -0.3 is 15.5 Å². The normalized spacial score (nSPS) is 14.9. The summed E-state index contributed by atoms with van der Waals surface area (Å²) in [5.74, 6) is 0.749. The number of nitrogens with zero attached hydrogens (tertiary/aromatic N) is 3. The molecule has 0 radical (unpaired) electrons. The van der Waals surface area contributed by atoms with Crippen LogP contribution in [0, 0.1) is 13.8 Å². The number of anilines is 3. The first kappa shape index (κ1) is 23.7. The highest BCUT2D eigenvalue weighted by atomic mass is 32.2. The maximum absolute atomic E-state index is 12.9. The van der Waals surface area contributed by atoms with Crippen molar-refractivity contribution in [2.45, 2.75) is 25.2 Å². The van der Waals surface area contributed by atoms with Crippen LogP contribution in [0.25, 0.3) is 0 Å². The summed E-state index contributed by atoms with van der Waals surface area (Å²) < 4.78 is 27.4. The Kier molecular flexibility index (Phi) is 7.14. The Morgan fingerprint density at radius 3 is 2.29 bits per heavy atom. The average Bonchev–Trinajstić information content (AvgIpc) is 3.09. The fourth-order valence-electron chi connectivity index (χ4n) is 3.86. The molecule has 178 valence electrons. The number of aryl methyl sites for hydroxylation is 2. The van der Waals surface area contributed by atoms with Gasteiger partial charge in [0.15, 0.2) is 0 Å². The van der Waals surface area contributed by atoms with Crippen molar-refractivity contribution >= 4 is 33.2 Å². The summed E-state index contributed by atoms with van der Waals surface area (Å²) >= 11 is 0. The van der Waals surface area contributed by atoms with Crippen LogP contribution in [-0.4, -0.2) is 49.9 Å². The smallest absolute Gasteiger partial charge is 0.323 e. The highest BCUT2D eigenvalue weighted by molar-refractivity contribution is 7.89. The van der Waals surface area contributed by atoms with Crippen LogP contribution in [0.1, 0.15) is 17.5 Å². The van der Waals surface area contributed by atoms with E-state index in [4.69, 9.17) is 0 Å². The molecule has 0 saturated carbocycles. The van der Waals surface area contributed by atoms with E-state index in [0.717, 1.165) is 17.1 Å². The number of urea groups is 1. The molecule has 2 heterocycles. The van der Waals surface area contributed by atoms with Crippen molar-refractivity contribution in [1.29, 1.82) is 0 Å². The molecule has 1 aliphatic rings. The van der Waals surface area contributed by atoms with Crippen molar-refractivity contribution in [2.75, 3.05) is 41.7 Å². The van der Waals surface area contributed by atoms with Crippen molar-refractivity contribution in [3.8, 4) is 0 Å². The van der Waals surface area contributed by atoms with Gasteiger partial charge in [0.25, 0.3) is 0 Å². The fourth-order valence-corrected chi connectivity index (χ4v) is 5.36. The number of sulfonamides is 1. The van der Waals surface area contributed by atoms with E-state index in [1.807, 2.05) is 38.1 Å². The maximum atomic E-state index is 12.9. The van der Waals surface area contributed by atoms with Gasteiger partial charge in [-0.15, -0.1) is 0 Å². The third-order valence-corrected chi connectivity index (χ3v) is 7.84. The number of hydrogen-bond donors (Lipinski definition) is 2. The Morgan fingerprint density at radius 2 is 1.59 bits per heavy atom. The van der Waals surface area contributed by atoms with Gasteiger partial charge in [0.1, 0.15) is 5.82 Å². The van der Waals surface area contributed by atoms with Crippen molar-refractivity contribution in [3.63, 3.8) is 0 Å². The fraction of sp³-hybridized carbons (Fsp3) is 0.280. The number of benzene rings is 2. The zero-order chi connectivity index (χ0) is 24.1. The van der Waals surface area contributed by atoms with Crippen molar-refractivity contribution in [2.24, 2.45) is 0 Å². The summed E-state index contributed by atoms with van der Waals surface area (Å²) in [7, 11) is -3.51. The first-order valence-electron chi connectivity index (χ1n) is 11.2. The van der Waals surface area contributed by atoms with Gasteiger partial charge in [0, 0.05) is 31.9 Å². The van der Waals surface area contributed by atoms with E-state index in [1.54, 1.807) is 42.6 Å². The number of hydrogen-bond acceptors (Lipinski definition) is 5. The summed E-state index contributed by atoms with van der Waals surface area (Å²) in [5.41, 5.74) is 3.58. The number of carbonyl (C=O) groups excluding carboxylic acids is 1. The van der Waals surface area contributed by atoms with Crippen LogP contribution in [0.3, 0.4) is 0 Å². The molecule has 0 spiro atoms. The number of nitrogens with one attached hydrogen (secondary N) is 2. The van der Waals surface area contributed by atoms with Crippen LogP contribution >= 0.6 is 0 Å². The highest BCUT2D eigenvalue weighted by Gasteiger charge is 2.27. The summed E-state index contributed by atoms with van der Waals surface area (Å²) in [5, 5.41) is 5.62. The number of pyridine rings is 1. The highest BCUT2D eigenvalue weighted by Crippen LogP contribution is 2.21. The van der Waals surface area contributed by atoms with E-state index < -0.39 is 10.0 Å². The van der Waals surface area contributed by atoms with Crippen LogP contribution in [0.5, 0.6) is 0 Å². The van der Waals surface area contributed by atoms with Gasteiger partial charge in [0.05, 0.1) is 16.8 Å². The Morgan fingerprint density at radius 1 is 0.853 bits per heavy atom. The molecule has 8 nitrogen and oxygen atoms in total. The number of aromatic nitrogens is 1. The Bertz CT molecular complexity index is 1250. The number of amides is 2. The molecule has 1 fully saturated rings. The molecule has 0 bridgehead atoms. The maximum Gasteiger partial charge on any atom is 0.323 e. The molecule has 2 amide bonds. The molecule has 1 saturated heterocycles. The number of carbonyl (C=O) groups is 1. The van der Waals surface area contributed by atoms with Gasteiger partial charge in [-0.2, -0.15) is 4.31 Å². The summed E-state index contributed by atoms with van der Waals surface area (Å²) in [6, 6.07) is 17.6. The van der Waals surface area contributed by atoms with Gasteiger partial charge in [-0.1, -0.05) is 24.3 Å². The third kappa shape index (κ3) is 5.55. The molecule has 1 aliphatic heterocycles. The predicted octanol–water partition coefficient (Wildman–Crippen LogP) is 4.24. The SMILES string of the molecule is Cc1ccc(NC(=O)Nc2ccc(N3CCCN(S(=O)(=O)c4ccccc4)CC3)nc2)cc1C. The van der Waals surface area contributed by atoms with E-state index >= 15 is 0 Å². The standard InChI is InChI=1S/C25H29N5O3S/c1-19-9-10-21(17-20(19)2)27-25(31)28-22-11-12-24(26-18-22)29-13-6-14-30(16-15-29)34(32,33)23-7-4-3-5-8-23/h3-5,7-12,17-18H,6,13-16H2,1-2H3,(H2,27,28,31). The minimum atomic E-state index is -3.51. The average molecular weight is 480 g/mol. The molecule has 9 heteroatoms. The zero-order valence-corrected chi connectivity index (χ0v) is 20.2. The Labute approximate surface area is 200 Å². The molecule has 1 aromatic heterocycles. The van der Waals surface area contributed by atoms with E-state index in [0.29, 0.717) is 43.2 Å². The first-order valence-corrected chi connectivity index (χ1v) is 12.7. The van der Waals surface area contributed by atoms with Gasteiger partial charge in [0.2, 0.25) is 10.0 Å². The largest absolute Gasteiger partial charge is 0.355 e. The Balaban J connectivity index is 1.35. The summed E-state index contributed by atoms with van der Waals surface area (Å²) in [6.45, 7) is 6.12. The molecule has 3 aromatic rings. The monoisotopic (exact) mass is 479 g/mol. The van der Waals surface area contributed by atoms with Crippen LogP contribution < -0.4 is 15.5 Å². The van der Waals surface area contributed by atoms with E-state index in [-0.39, 0.29) is 6.03 Å². The molecular formula is C25H29N5O3S. The van der Waals surface area contributed by atoms with E-state index in [2.05, 4.69) is 20.5 Å². The zero-order valence-electron chi connectivity index (χ0n) is 19.4. The Hall–Kier alpha value is -3.43. The third-order valence-electron chi connectivity index (χ3n) is 5.93. The van der Waals surface area contributed by atoms with Crippen molar-refractivity contribution in [3.05, 3.63) is 78.0 Å². The van der Waals surface area contributed by atoms with E-state index in [1.165, 1.54) is 9.87 Å². The van der Waals surface area contributed by atoms with Crippen LogP contribution in [0.15, 0.2) is 71.8 Å². The minimum absolute atomic E-state index is 0.316. The lowest BCUT2D eigenvalue weighted by Crippen LogP contribution is -2.35. The van der Waals surface area contributed by atoms with Gasteiger partial charge in [-0.25, -0.2) is 18.2 Å². The van der Waals surface area contributed by atoms with Crippen LogP contribution in [0.2, 0.25) is 0 Å². The van der Waals surface area contributed by atoms with Crippen molar-refractivity contribution in [1.82, 2.24) is 9.29 Å². The van der Waals surface area contributed by atoms with Gasteiger partial charge in [-0.3, -0.25) is 0 Å². The molecule has 0 unspecified atom stereocenters. The summed E-state index contributed by atoms with van der Waals surface area (Å²) in [4.78, 5) is 19.2. The molecule has 0 atom stereocenters. The molecule has 34 heavy (non-hydrogen) atoms. The molecule has 2 aromatic carbocycles. The lowest BCUT2D eigenvalue weighted by Gasteiger charge is -2.23. The van der Waals surface area contributed by atoms with Crippen LogP contribution in [0.4, 0.5) is 22.0 Å². The second-order valence-electron chi connectivity index (χ2n) is 8.34. The van der Waals surface area contributed by atoms with E-state index in [9.17, 15) is 13.2 Å². The minimum Gasteiger partial charge on any atom is -0.355 e. The number of rotatable bonds is 5. The second-order valence-corrected chi connectivity index (χ2v) is 10.3. The molecular weight excluding hydrogens is 450 g/mol. The first-order chi connectivity index (χ1) is 16.3. The molecule has 2 N–H and O–H groups in total. The van der Waals surface area contributed by atoms with Gasteiger partial charge in [-0.05, 0) is 67.8 Å².